The van der Waals surface area contributed by atoms with E-state index in [-0.39, 0.29) is 68.0 Å². The zero-order chi connectivity index (χ0) is 32.6. The summed E-state index contributed by atoms with van der Waals surface area (Å²) >= 11 is 0. The van der Waals surface area contributed by atoms with E-state index in [4.69, 9.17) is 32.8 Å². The summed E-state index contributed by atoms with van der Waals surface area (Å²) in [6.07, 6.45) is -1.90. The van der Waals surface area contributed by atoms with Crippen LogP contribution >= 0.6 is 16.1 Å². The van der Waals surface area contributed by atoms with Crippen molar-refractivity contribution in [3.63, 3.8) is 0 Å². The van der Waals surface area contributed by atoms with Crippen LogP contribution in [0.4, 0.5) is 5.82 Å². The van der Waals surface area contributed by atoms with E-state index < -0.39 is 40.8 Å². The molecule has 0 spiro atoms. The van der Waals surface area contributed by atoms with Gasteiger partial charge in [-0.1, -0.05) is 13.8 Å². The number of guanidine groups is 1. The van der Waals surface area contributed by atoms with Gasteiger partial charge in [-0.05, 0) is 27.7 Å². The second kappa shape index (κ2) is 16.5. The highest BCUT2D eigenvalue weighted by Crippen LogP contribution is 2.51. The molecule has 0 aromatic carbocycles. The van der Waals surface area contributed by atoms with E-state index in [0.29, 0.717) is 5.82 Å². The van der Waals surface area contributed by atoms with Gasteiger partial charge in [-0.2, -0.15) is 5.26 Å². The maximum absolute atomic E-state index is 12.6. The Morgan fingerprint density at radius 2 is 1.95 bits per heavy atom. The van der Waals surface area contributed by atoms with Gasteiger partial charge in [0.1, 0.15) is 23.7 Å². The maximum Gasteiger partial charge on any atom is 0.332 e. The van der Waals surface area contributed by atoms with Crippen molar-refractivity contribution in [3.8, 4) is 6.07 Å². The highest BCUT2D eigenvalue weighted by molar-refractivity contribution is 7.53. The molecule has 3 N–H and O–H groups in total. The Morgan fingerprint density at radius 3 is 2.55 bits per heavy atom. The summed E-state index contributed by atoms with van der Waals surface area (Å²) in [5, 5.41) is 25.6. The first-order valence-corrected chi connectivity index (χ1v) is 17.3. The number of aromatic nitrogens is 2. The van der Waals surface area contributed by atoms with Crippen LogP contribution in [0.15, 0.2) is 11.3 Å². The fourth-order valence-electron chi connectivity index (χ4n) is 4.58. The molecule has 1 saturated heterocycles. The number of aliphatic hydroxyl groups is 1. The smallest absolute Gasteiger partial charge is 0.332 e. The largest absolute Gasteiger partial charge is 0.372 e. The lowest BCUT2D eigenvalue weighted by molar-refractivity contribution is -0.122. The van der Waals surface area contributed by atoms with Crippen LogP contribution in [0.25, 0.3) is 0 Å². The average molecular weight is 662 g/mol. The van der Waals surface area contributed by atoms with Crippen molar-refractivity contribution in [2.75, 3.05) is 45.5 Å². The Bertz CT molecular complexity index is 1210. The van der Waals surface area contributed by atoms with Crippen molar-refractivity contribution >= 4 is 33.8 Å². The summed E-state index contributed by atoms with van der Waals surface area (Å²) in [6, 6.07) is 2.18. The third-order valence-electron chi connectivity index (χ3n) is 6.80. The molecule has 1 amide bonds. The quantitative estimate of drug-likeness (QED) is 0.173. The number of ether oxygens (including phenoxy) is 2. The Labute approximate surface area is 259 Å². The molecule has 0 aliphatic carbocycles. The first-order valence-electron chi connectivity index (χ1n) is 14.4. The molecule has 3 heterocycles. The minimum atomic E-state index is -3.32. The number of nitrogens with zero attached hydrogens (tertiary/aromatic N) is 5. The number of hydrogen-bond donors (Lipinski definition) is 3. The van der Waals surface area contributed by atoms with Crippen molar-refractivity contribution in [3.05, 3.63) is 12.0 Å². The van der Waals surface area contributed by atoms with E-state index in [1.807, 2.05) is 27.7 Å². The molecular weight excluding hydrogens is 616 g/mol. The number of rotatable bonds is 16. The van der Waals surface area contributed by atoms with Gasteiger partial charge >= 0.3 is 7.60 Å². The molecule has 18 heteroatoms. The van der Waals surface area contributed by atoms with Crippen molar-refractivity contribution in [2.24, 2.45) is 10.9 Å². The molecular formula is C26H45N7O9P2. The number of aliphatic imine (C=N–C) groups is 1. The zero-order valence-corrected chi connectivity index (χ0v) is 28.3. The maximum atomic E-state index is 12.6. The summed E-state index contributed by atoms with van der Waals surface area (Å²) in [6.45, 7) is 11.9. The van der Waals surface area contributed by atoms with E-state index in [2.05, 4.69) is 31.3 Å². The highest BCUT2D eigenvalue weighted by Gasteiger charge is 2.46. The number of imidazole rings is 1. The molecule has 1 aromatic rings. The van der Waals surface area contributed by atoms with E-state index in [1.54, 1.807) is 18.4 Å². The third-order valence-corrected chi connectivity index (χ3v) is 10.8. The molecule has 44 heavy (non-hydrogen) atoms. The van der Waals surface area contributed by atoms with E-state index in [0.717, 1.165) is 0 Å². The molecule has 3 rings (SSSR count). The number of nitriles is 1. The molecule has 248 valence electrons. The van der Waals surface area contributed by atoms with Crippen molar-refractivity contribution in [1.82, 2.24) is 19.5 Å². The minimum absolute atomic E-state index is 0.00895. The fourth-order valence-corrected chi connectivity index (χ4v) is 7.17. The van der Waals surface area contributed by atoms with Gasteiger partial charge in [-0.25, -0.2) is 14.6 Å². The van der Waals surface area contributed by atoms with Gasteiger partial charge in [0.15, 0.2) is 12.5 Å². The first kappa shape index (κ1) is 36.4. The Balaban J connectivity index is 1.95. The van der Waals surface area contributed by atoms with Crippen LogP contribution in [0, 0.1) is 17.2 Å². The van der Waals surface area contributed by atoms with Crippen LogP contribution in [-0.2, 0) is 36.9 Å². The SMILES string of the molecule is COP(=O)(CCO[C@H]1CO[C@@H](n2cnc3c2NC(NC(=O)C(C)C)=NC3O)[C@@H]1OP(OCCC#N)N(C(C)C)C(C)C)OC. The topological polar surface area (TPSA) is 191 Å². The predicted molar refractivity (Wildman–Crippen MR) is 163 cm³/mol. The number of nitrogens with one attached hydrogen (secondary N) is 2. The fraction of sp³-hybridized carbons (Fsp3) is 0.769. The van der Waals surface area contributed by atoms with Crippen molar-refractivity contribution in [2.45, 2.75) is 84.7 Å². The molecule has 0 saturated carbocycles. The molecule has 5 atom stereocenters. The van der Waals surface area contributed by atoms with Gasteiger partial charge in [-0.3, -0.25) is 19.2 Å². The van der Waals surface area contributed by atoms with Crippen LogP contribution in [0.3, 0.4) is 0 Å². The highest BCUT2D eigenvalue weighted by atomic mass is 31.2. The molecule has 2 aliphatic rings. The normalized spacial score (nSPS) is 22.7. The van der Waals surface area contributed by atoms with Crippen LogP contribution < -0.4 is 10.6 Å². The van der Waals surface area contributed by atoms with Crippen molar-refractivity contribution in [1.29, 1.82) is 5.26 Å². The molecule has 2 aliphatic heterocycles. The third kappa shape index (κ3) is 9.04. The zero-order valence-electron chi connectivity index (χ0n) is 26.5. The minimum Gasteiger partial charge on any atom is -0.372 e. The van der Waals surface area contributed by atoms with Crippen molar-refractivity contribution < 1.29 is 42.0 Å². The van der Waals surface area contributed by atoms with E-state index in [9.17, 15) is 14.5 Å². The number of carbonyl (C=O) groups excluding carboxylic acids is 1. The molecule has 16 nitrogen and oxygen atoms in total. The number of aliphatic hydroxyl groups excluding tert-OH is 1. The number of hydrogen-bond acceptors (Lipinski definition) is 14. The van der Waals surface area contributed by atoms with Gasteiger partial charge in [0, 0.05) is 32.2 Å². The van der Waals surface area contributed by atoms with E-state index in [1.165, 1.54) is 20.5 Å². The number of amides is 1. The molecule has 0 radical (unpaired) electrons. The van der Waals surface area contributed by atoms with Gasteiger partial charge in [-0.15, -0.1) is 0 Å². The first-order chi connectivity index (χ1) is 20.8. The summed E-state index contributed by atoms with van der Waals surface area (Å²) < 4.78 is 51.7. The second-order valence-electron chi connectivity index (χ2n) is 11.0. The Morgan fingerprint density at radius 1 is 1.27 bits per heavy atom. The van der Waals surface area contributed by atoms with E-state index >= 15 is 0 Å². The summed E-state index contributed by atoms with van der Waals surface area (Å²) in [7, 11) is -2.41. The summed E-state index contributed by atoms with van der Waals surface area (Å²) in [5.74, 6) is -0.171. The lowest BCUT2D eigenvalue weighted by Gasteiger charge is -2.38. The van der Waals surface area contributed by atoms with Crippen LogP contribution in [0.1, 0.15) is 66.1 Å². The number of fused-ring (bicyclic) bond motifs is 1. The van der Waals surface area contributed by atoms with Crippen LogP contribution in [-0.4, -0.2) is 95.7 Å². The number of anilines is 1. The van der Waals surface area contributed by atoms with Crippen LogP contribution in [0.2, 0.25) is 0 Å². The van der Waals surface area contributed by atoms with Gasteiger partial charge < -0.3 is 38.0 Å². The monoisotopic (exact) mass is 661 g/mol. The lowest BCUT2D eigenvalue weighted by Crippen LogP contribution is -2.41. The predicted octanol–water partition coefficient (Wildman–Crippen LogP) is 3.49. The average Bonchev–Trinajstić information content (AvgIpc) is 3.56. The lowest BCUT2D eigenvalue weighted by atomic mass is 10.2. The van der Waals surface area contributed by atoms with Gasteiger partial charge in [0.25, 0.3) is 8.53 Å². The summed E-state index contributed by atoms with van der Waals surface area (Å²) in [5.41, 5.74) is 0.235. The Hall–Kier alpha value is -2.02. The number of carbonyl (C=O) groups is 1. The standard InChI is InChI=1S/C26H45N7O9P2/c1-16(2)23(34)30-26-29-22-20(24(35)31-26)28-15-32(22)25-21(19(14-40-25)39-12-13-44(36,37-7)38-8)42-43(41-11-9-10-27)33(17(3)4)18(5)6/h15-19,21,24-25,35H,9,11-14H2,1-8H3,(H2,29,30,31,34)/t19-,21+,24?,25+,43?/m0/s1. The molecule has 1 fully saturated rings. The Kier molecular flexibility index (Phi) is 13.7. The van der Waals surface area contributed by atoms with Gasteiger partial charge in [0.2, 0.25) is 11.9 Å². The van der Waals surface area contributed by atoms with Gasteiger partial charge in [0.05, 0.1) is 44.8 Å². The summed E-state index contributed by atoms with van der Waals surface area (Å²) in [4.78, 5) is 20.8. The molecule has 2 unspecified atom stereocenters. The van der Waals surface area contributed by atoms with Crippen LogP contribution in [0.5, 0.6) is 0 Å². The molecule has 0 bridgehead atoms. The molecule has 1 aromatic heterocycles. The second-order valence-corrected chi connectivity index (χ2v) is 14.8.